The highest BCUT2D eigenvalue weighted by molar-refractivity contribution is 8.01. The number of aromatic nitrogens is 1. The first-order valence-corrected chi connectivity index (χ1v) is 9.77. The van der Waals surface area contributed by atoms with E-state index in [2.05, 4.69) is 10.3 Å². The van der Waals surface area contributed by atoms with Crippen molar-refractivity contribution in [2.45, 2.75) is 17.7 Å². The van der Waals surface area contributed by atoms with Crippen molar-refractivity contribution in [1.82, 2.24) is 4.98 Å². The van der Waals surface area contributed by atoms with E-state index < -0.39 is 11.8 Å². The number of rotatable bonds is 8. The molecule has 0 saturated heterocycles. The Hall–Kier alpha value is -2.78. The van der Waals surface area contributed by atoms with Crippen molar-refractivity contribution in [2.24, 2.45) is 5.73 Å². The van der Waals surface area contributed by atoms with Crippen molar-refractivity contribution in [2.75, 3.05) is 11.1 Å². The highest BCUT2D eigenvalue weighted by Crippen LogP contribution is 2.32. The number of nitrogens with two attached hydrogens (primary N) is 1. The summed E-state index contributed by atoms with van der Waals surface area (Å²) >= 11 is 2.58. The number of hydrogen-bond donors (Lipinski definition) is 2. The van der Waals surface area contributed by atoms with Crippen LogP contribution in [0.1, 0.15) is 21.8 Å². The standard InChI is InChI=1S/C18H17N3O4S2/c1-11-17(26-10-14(19)22)27-18(20-11)21-16(23)15-12(7-8-24-15)9-25-13-5-3-2-4-6-13/h2-8H,9-10H2,1H3,(H2,19,22)(H,20,21,23). The van der Waals surface area contributed by atoms with E-state index in [1.807, 2.05) is 37.3 Å². The van der Waals surface area contributed by atoms with Crippen molar-refractivity contribution in [3.05, 3.63) is 59.7 Å². The molecule has 2 aromatic heterocycles. The minimum atomic E-state index is -0.410. The lowest BCUT2D eigenvalue weighted by Gasteiger charge is -2.06. The predicted octanol–water partition coefficient (Wildman–Crippen LogP) is 3.45. The van der Waals surface area contributed by atoms with Gasteiger partial charge in [0, 0.05) is 5.56 Å². The number of hydrogen-bond acceptors (Lipinski definition) is 7. The third-order valence-electron chi connectivity index (χ3n) is 3.41. The van der Waals surface area contributed by atoms with Crippen molar-refractivity contribution in [3.8, 4) is 5.75 Å². The molecule has 1 aromatic carbocycles. The van der Waals surface area contributed by atoms with Crippen LogP contribution >= 0.6 is 23.1 Å². The quantitative estimate of drug-likeness (QED) is 0.558. The zero-order chi connectivity index (χ0) is 19.2. The van der Waals surface area contributed by atoms with Gasteiger partial charge in [-0.25, -0.2) is 4.98 Å². The first-order valence-electron chi connectivity index (χ1n) is 7.97. The van der Waals surface area contributed by atoms with E-state index in [4.69, 9.17) is 14.9 Å². The van der Waals surface area contributed by atoms with Gasteiger partial charge < -0.3 is 14.9 Å². The summed E-state index contributed by atoms with van der Waals surface area (Å²) in [6.45, 7) is 2.02. The molecular weight excluding hydrogens is 386 g/mol. The SMILES string of the molecule is Cc1nc(NC(=O)c2occc2COc2ccccc2)sc1SCC(N)=O. The van der Waals surface area contributed by atoms with Gasteiger partial charge in [0.1, 0.15) is 12.4 Å². The number of nitrogens with one attached hydrogen (secondary N) is 1. The number of furan rings is 1. The molecule has 0 bridgehead atoms. The van der Waals surface area contributed by atoms with Gasteiger partial charge in [-0.15, -0.1) is 11.8 Å². The van der Waals surface area contributed by atoms with Crippen LogP contribution < -0.4 is 15.8 Å². The number of primary amides is 1. The Kier molecular flexibility index (Phi) is 6.15. The fraction of sp³-hybridized carbons (Fsp3) is 0.167. The van der Waals surface area contributed by atoms with Crippen LogP contribution in [0.15, 0.2) is 51.3 Å². The maximum Gasteiger partial charge on any atom is 0.293 e. The first-order chi connectivity index (χ1) is 13.0. The molecule has 27 heavy (non-hydrogen) atoms. The lowest BCUT2D eigenvalue weighted by Crippen LogP contribution is -2.13. The minimum absolute atomic E-state index is 0.162. The van der Waals surface area contributed by atoms with Crippen LogP contribution in [0.2, 0.25) is 0 Å². The van der Waals surface area contributed by atoms with Crippen molar-refractivity contribution >= 4 is 40.0 Å². The summed E-state index contributed by atoms with van der Waals surface area (Å²) in [5, 5.41) is 3.15. The summed E-state index contributed by atoms with van der Waals surface area (Å²) in [5.74, 6) is 0.223. The molecule has 0 unspecified atom stereocenters. The maximum atomic E-state index is 12.5. The molecule has 0 radical (unpaired) electrons. The summed E-state index contributed by atoms with van der Waals surface area (Å²) in [6, 6.07) is 11.0. The van der Waals surface area contributed by atoms with E-state index in [9.17, 15) is 9.59 Å². The molecule has 3 aromatic rings. The summed E-state index contributed by atoms with van der Waals surface area (Å²) in [7, 11) is 0. The number of nitrogens with zero attached hydrogens (tertiary/aromatic N) is 1. The molecule has 0 aliphatic heterocycles. The summed E-state index contributed by atoms with van der Waals surface area (Å²) in [6.07, 6.45) is 1.44. The smallest absolute Gasteiger partial charge is 0.293 e. The average Bonchev–Trinajstić information content (AvgIpc) is 3.25. The van der Waals surface area contributed by atoms with E-state index in [1.165, 1.54) is 29.4 Å². The number of amides is 2. The Morgan fingerprint density at radius 1 is 1.30 bits per heavy atom. The molecule has 0 spiro atoms. The number of benzene rings is 1. The topological polar surface area (TPSA) is 107 Å². The number of thiazole rings is 1. The number of anilines is 1. The van der Waals surface area contributed by atoms with Gasteiger partial charge in [-0.3, -0.25) is 14.9 Å². The molecular formula is C18H17N3O4S2. The van der Waals surface area contributed by atoms with Crippen molar-refractivity contribution < 1.29 is 18.7 Å². The van der Waals surface area contributed by atoms with E-state index in [0.29, 0.717) is 16.4 Å². The Balaban J connectivity index is 1.64. The molecule has 0 atom stereocenters. The molecule has 3 rings (SSSR count). The van der Waals surface area contributed by atoms with Crippen LogP contribution in [0, 0.1) is 6.92 Å². The Bertz CT molecular complexity index is 937. The highest BCUT2D eigenvalue weighted by Gasteiger charge is 2.18. The molecule has 0 aliphatic carbocycles. The molecule has 0 aliphatic rings. The summed E-state index contributed by atoms with van der Waals surface area (Å²) < 4.78 is 11.8. The zero-order valence-electron chi connectivity index (χ0n) is 14.4. The van der Waals surface area contributed by atoms with Crippen molar-refractivity contribution in [3.63, 3.8) is 0 Å². The Morgan fingerprint density at radius 2 is 2.07 bits per heavy atom. The molecule has 2 heterocycles. The van der Waals surface area contributed by atoms with Gasteiger partial charge in [0.05, 0.1) is 21.9 Å². The second-order valence-electron chi connectivity index (χ2n) is 5.48. The zero-order valence-corrected chi connectivity index (χ0v) is 16.1. The van der Waals surface area contributed by atoms with Gasteiger partial charge in [0.15, 0.2) is 10.9 Å². The van der Waals surface area contributed by atoms with E-state index in [1.54, 1.807) is 6.07 Å². The van der Waals surface area contributed by atoms with Gasteiger partial charge in [-0.1, -0.05) is 29.5 Å². The monoisotopic (exact) mass is 403 g/mol. The number of aryl methyl sites for hydroxylation is 1. The van der Waals surface area contributed by atoms with Crippen molar-refractivity contribution in [1.29, 1.82) is 0 Å². The van der Waals surface area contributed by atoms with Crippen LogP contribution in [0.3, 0.4) is 0 Å². The molecule has 7 nitrogen and oxygen atoms in total. The molecule has 140 valence electrons. The summed E-state index contributed by atoms with van der Waals surface area (Å²) in [5.41, 5.74) is 6.52. The normalized spacial score (nSPS) is 10.6. The lowest BCUT2D eigenvalue weighted by molar-refractivity contribution is -0.115. The van der Waals surface area contributed by atoms with Gasteiger partial charge in [0.25, 0.3) is 5.91 Å². The maximum absolute atomic E-state index is 12.5. The first kappa shape index (κ1) is 19.0. The lowest BCUT2D eigenvalue weighted by atomic mass is 10.2. The number of thioether (sulfide) groups is 1. The number of ether oxygens (including phenoxy) is 1. The molecule has 2 amide bonds. The molecule has 0 fully saturated rings. The van der Waals surface area contributed by atoms with Crippen LogP contribution in [0.5, 0.6) is 5.75 Å². The van der Waals surface area contributed by atoms with E-state index in [-0.39, 0.29) is 18.1 Å². The van der Waals surface area contributed by atoms with Crippen LogP contribution in [-0.2, 0) is 11.4 Å². The fourth-order valence-corrected chi connectivity index (χ4v) is 4.06. The van der Waals surface area contributed by atoms with E-state index in [0.717, 1.165) is 9.90 Å². The third kappa shape index (κ3) is 5.11. The highest BCUT2D eigenvalue weighted by atomic mass is 32.2. The van der Waals surface area contributed by atoms with Gasteiger partial charge >= 0.3 is 0 Å². The predicted molar refractivity (Wildman–Crippen MR) is 104 cm³/mol. The van der Waals surface area contributed by atoms with Crippen LogP contribution in [0.25, 0.3) is 0 Å². The Morgan fingerprint density at radius 3 is 2.81 bits per heavy atom. The molecule has 3 N–H and O–H groups in total. The largest absolute Gasteiger partial charge is 0.489 e. The Labute approximate surface area is 163 Å². The number of carbonyl (C=O) groups excluding carboxylic acids is 2. The third-order valence-corrected chi connectivity index (χ3v) is 5.87. The second kappa shape index (κ2) is 8.74. The molecule has 9 heteroatoms. The van der Waals surface area contributed by atoms with Gasteiger partial charge in [-0.2, -0.15) is 0 Å². The van der Waals surface area contributed by atoms with E-state index >= 15 is 0 Å². The fourth-order valence-electron chi connectivity index (χ4n) is 2.19. The average molecular weight is 403 g/mol. The number of carbonyl (C=O) groups is 2. The van der Waals surface area contributed by atoms with Gasteiger partial charge in [-0.05, 0) is 25.1 Å². The molecule has 0 saturated carbocycles. The minimum Gasteiger partial charge on any atom is -0.489 e. The van der Waals surface area contributed by atoms with Crippen LogP contribution in [-0.4, -0.2) is 22.6 Å². The summed E-state index contributed by atoms with van der Waals surface area (Å²) in [4.78, 5) is 27.7. The van der Waals surface area contributed by atoms with Gasteiger partial charge in [0.2, 0.25) is 5.91 Å². The second-order valence-corrected chi connectivity index (χ2v) is 7.72. The number of para-hydroxylation sites is 1. The van der Waals surface area contributed by atoms with Crippen LogP contribution in [0.4, 0.5) is 5.13 Å².